The number of benzene rings is 2. The van der Waals surface area contributed by atoms with Crippen molar-refractivity contribution in [2.24, 2.45) is 0 Å². The van der Waals surface area contributed by atoms with Gasteiger partial charge in [0.1, 0.15) is 0 Å². The molecule has 1 heterocycles. The van der Waals surface area contributed by atoms with Crippen LogP contribution in [0.3, 0.4) is 0 Å². The van der Waals surface area contributed by atoms with Crippen LogP contribution in [0.5, 0.6) is 0 Å². The van der Waals surface area contributed by atoms with E-state index in [-0.39, 0.29) is 32.7 Å². The molecule has 0 saturated carbocycles. The van der Waals surface area contributed by atoms with E-state index < -0.39 is 23.2 Å². The number of hydrogen-bond acceptors (Lipinski definition) is 0. The van der Waals surface area contributed by atoms with Crippen LogP contribution in [0.2, 0.25) is 0 Å². The minimum atomic E-state index is -0.623. The molecule has 27 heavy (non-hydrogen) atoms. The van der Waals surface area contributed by atoms with Crippen LogP contribution in [-0.2, 0) is 23.2 Å². The fraction of sp³-hybridized carbons (Fsp3) is 0.304. The van der Waals surface area contributed by atoms with Gasteiger partial charge >= 0.3 is 164 Å². The van der Waals surface area contributed by atoms with Crippen molar-refractivity contribution < 1.29 is 48.0 Å². The standard InChI is InChI=1S/C23H23P.2ClH.Zr/c1-14-6-7-15(2)21-11-18(10-20(14)21)24(5)19-12-22-16(3)8-9-17(4)23(22)13-19;;;/h6-13H,1-5H3;2*1H;/q;;;+2/p-2. The van der Waals surface area contributed by atoms with Crippen LogP contribution in [0.15, 0.2) is 34.9 Å². The van der Waals surface area contributed by atoms with Crippen LogP contribution in [0.4, 0.5) is 0 Å². The minimum Gasteiger partial charge on any atom is -1.00 e. The summed E-state index contributed by atoms with van der Waals surface area (Å²) < 4.78 is 1.62. The second kappa shape index (κ2) is 7.57. The molecule has 0 N–H and O–H groups in total. The van der Waals surface area contributed by atoms with Crippen molar-refractivity contribution in [3.8, 4) is 0 Å². The van der Waals surface area contributed by atoms with Crippen molar-refractivity contribution in [1.82, 2.24) is 0 Å². The van der Waals surface area contributed by atoms with E-state index in [0.29, 0.717) is 0 Å². The number of allylic oxidation sites excluding steroid dienone is 2. The molecular weight excluding hydrogens is 469 g/mol. The van der Waals surface area contributed by atoms with Crippen LogP contribution >= 0.6 is 7.92 Å². The minimum absolute atomic E-state index is 0. The molecule has 0 aromatic heterocycles. The molecule has 0 nitrogen and oxygen atoms in total. The smallest absolute Gasteiger partial charge is 1.00 e. The van der Waals surface area contributed by atoms with Gasteiger partial charge in [0.05, 0.1) is 0 Å². The Morgan fingerprint density at radius 3 is 1.44 bits per heavy atom. The fourth-order valence-corrected chi connectivity index (χ4v) is 15.3. The third kappa shape index (κ3) is 3.00. The molecule has 2 aliphatic carbocycles. The second-order valence-electron chi connectivity index (χ2n) is 7.78. The van der Waals surface area contributed by atoms with Crippen LogP contribution in [0.25, 0.3) is 12.2 Å². The number of halogens is 2. The Labute approximate surface area is 188 Å². The second-order valence-corrected chi connectivity index (χ2v) is 13.6. The summed E-state index contributed by atoms with van der Waals surface area (Å²) in [6.45, 7) is 11.8. The average molecular weight is 493 g/mol. The maximum absolute atomic E-state index is 2.59. The molecule has 2 atom stereocenters. The SMILES string of the molecule is Cc1ccc(C)c2c1C=C1[CH]2[Zr+2][CH]2C(=Cc3c(C)ccc(C)c32)P1C.[Cl-].[Cl-]. The molecule has 2 unspecified atom stereocenters. The Morgan fingerprint density at radius 1 is 0.667 bits per heavy atom. The summed E-state index contributed by atoms with van der Waals surface area (Å²) in [6.07, 6.45) is 5.18. The topological polar surface area (TPSA) is 0 Å². The first-order chi connectivity index (χ1) is 12.0. The normalized spacial score (nSPS) is 23.2. The molecule has 1 saturated heterocycles. The van der Waals surface area contributed by atoms with Gasteiger partial charge in [-0.1, -0.05) is 0 Å². The average Bonchev–Trinajstić information content (AvgIpc) is 3.16. The molecule has 0 amide bonds. The van der Waals surface area contributed by atoms with Crippen molar-refractivity contribution in [3.63, 3.8) is 0 Å². The first-order valence-electron chi connectivity index (χ1n) is 9.10. The Morgan fingerprint density at radius 2 is 1.04 bits per heavy atom. The summed E-state index contributed by atoms with van der Waals surface area (Å²) in [6, 6.07) is 9.33. The fourth-order valence-electron chi connectivity index (χ4n) is 4.85. The molecule has 1 aliphatic heterocycles. The summed E-state index contributed by atoms with van der Waals surface area (Å²) in [5.74, 6) is 0. The van der Waals surface area contributed by atoms with Gasteiger partial charge < -0.3 is 24.8 Å². The van der Waals surface area contributed by atoms with E-state index in [0.717, 1.165) is 7.25 Å². The van der Waals surface area contributed by atoms with Crippen LogP contribution in [0.1, 0.15) is 51.8 Å². The van der Waals surface area contributed by atoms with E-state index in [1.165, 1.54) is 22.3 Å². The molecule has 138 valence electrons. The maximum atomic E-state index is 2.59. The van der Waals surface area contributed by atoms with E-state index in [2.05, 4.69) is 70.8 Å². The Balaban J connectivity index is 0.00000105. The van der Waals surface area contributed by atoms with Crippen molar-refractivity contribution in [3.05, 3.63) is 79.4 Å². The predicted molar refractivity (Wildman–Crippen MR) is 106 cm³/mol. The number of hydrogen-bond donors (Lipinski definition) is 0. The van der Waals surface area contributed by atoms with Gasteiger partial charge in [0.25, 0.3) is 0 Å². The quantitative estimate of drug-likeness (QED) is 0.474. The largest absolute Gasteiger partial charge is 1.00 e. The summed E-state index contributed by atoms with van der Waals surface area (Å²) in [5.41, 5.74) is 12.5. The first-order valence-corrected chi connectivity index (χ1v) is 13.7. The zero-order valence-electron chi connectivity index (χ0n) is 16.3. The van der Waals surface area contributed by atoms with Gasteiger partial charge in [-0.2, -0.15) is 0 Å². The maximum Gasteiger partial charge on any atom is -1.00 e. The van der Waals surface area contributed by atoms with E-state index in [4.69, 9.17) is 0 Å². The Bertz CT molecular complexity index is 926. The number of fused-ring (bicyclic) bond motifs is 6. The zero-order chi connectivity index (χ0) is 17.5. The third-order valence-electron chi connectivity index (χ3n) is 6.31. The molecule has 5 rings (SSSR count). The molecular formula is C23H23Cl2PZr. The molecule has 0 radical (unpaired) electrons. The molecule has 3 aliphatic rings. The molecule has 4 heteroatoms. The first kappa shape index (κ1) is 21.5. The molecule has 2 aromatic carbocycles. The number of aryl methyl sites for hydroxylation is 4. The zero-order valence-corrected chi connectivity index (χ0v) is 21.2. The molecule has 2 aromatic rings. The summed E-state index contributed by atoms with van der Waals surface area (Å²) in [4.78, 5) is 0. The van der Waals surface area contributed by atoms with Gasteiger partial charge in [-0.05, 0) is 0 Å². The van der Waals surface area contributed by atoms with E-state index in [1.54, 1.807) is 32.9 Å². The molecule has 0 bridgehead atoms. The van der Waals surface area contributed by atoms with Gasteiger partial charge in [-0.25, -0.2) is 0 Å². The van der Waals surface area contributed by atoms with Crippen molar-refractivity contribution in [2.75, 3.05) is 6.66 Å². The van der Waals surface area contributed by atoms with Crippen molar-refractivity contribution in [1.29, 1.82) is 0 Å². The van der Waals surface area contributed by atoms with Crippen molar-refractivity contribution >= 4 is 20.1 Å². The van der Waals surface area contributed by atoms with Gasteiger partial charge in [0, 0.05) is 0 Å². The van der Waals surface area contributed by atoms with Gasteiger partial charge in [-0.15, -0.1) is 0 Å². The predicted octanol–water partition coefficient (Wildman–Crippen LogP) is 0.627. The summed E-state index contributed by atoms with van der Waals surface area (Å²) in [5, 5.41) is 3.58. The molecule has 1 fully saturated rings. The van der Waals surface area contributed by atoms with E-state index in [1.807, 2.05) is 0 Å². The van der Waals surface area contributed by atoms with Gasteiger partial charge in [-0.3, -0.25) is 0 Å². The van der Waals surface area contributed by atoms with Crippen LogP contribution in [0, 0.1) is 27.7 Å². The number of rotatable bonds is 0. The van der Waals surface area contributed by atoms with Crippen LogP contribution < -0.4 is 24.8 Å². The molecule has 0 spiro atoms. The van der Waals surface area contributed by atoms with E-state index >= 15 is 0 Å². The van der Waals surface area contributed by atoms with Crippen molar-refractivity contribution in [2.45, 2.75) is 34.9 Å². The van der Waals surface area contributed by atoms with E-state index in [9.17, 15) is 0 Å². The van der Waals surface area contributed by atoms with Crippen LogP contribution in [-0.4, -0.2) is 6.66 Å². The Kier molecular flexibility index (Phi) is 6.04. The third-order valence-corrected chi connectivity index (χ3v) is 14.4. The summed E-state index contributed by atoms with van der Waals surface area (Å²) in [7, 11) is -0.150. The monoisotopic (exact) mass is 490 g/mol. The summed E-state index contributed by atoms with van der Waals surface area (Å²) >= 11 is -0.623. The van der Waals surface area contributed by atoms with Gasteiger partial charge in [0.2, 0.25) is 0 Å². The van der Waals surface area contributed by atoms with Gasteiger partial charge in [0.15, 0.2) is 0 Å². The Hall–Kier alpha value is -0.187.